The molecule has 4 heterocycles. The summed E-state index contributed by atoms with van der Waals surface area (Å²) in [4.78, 5) is 11.7. The second-order valence-electron chi connectivity index (χ2n) is 8.06. The summed E-state index contributed by atoms with van der Waals surface area (Å²) < 4.78 is 7.50. The van der Waals surface area contributed by atoms with Gasteiger partial charge in [-0.15, -0.1) is 5.10 Å². The highest BCUT2D eigenvalue weighted by Gasteiger charge is 2.22. The predicted octanol–water partition coefficient (Wildman–Crippen LogP) is 3.51. The Morgan fingerprint density at radius 2 is 2.06 bits per heavy atom. The van der Waals surface area contributed by atoms with Gasteiger partial charge in [-0.3, -0.25) is 4.99 Å². The van der Waals surface area contributed by atoms with E-state index in [0.29, 0.717) is 41.8 Å². The molecule has 0 amide bonds. The molecular weight excluding hydrogens is 392 g/mol. The van der Waals surface area contributed by atoms with Crippen molar-refractivity contribution >= 4 is 28.4 Å². The van der Waals surface area contributed by atoms with E-state index in [1.807, 2.05) is 28.9 Å². The molecular formula is C23H28N6O2. The summed E-state index contributed by atoms with van der Waals surface area (Å²) in [6.07, 6.45) is 10.3. The van der Waals surface area contributed by atoms with E-state index in [9.17, 15) is 5.11 Å². The van der Waals surface area contributed by atoms with E-state index in [2.05, 4.69) is 20.3 Å². The molecule has 0 aromatic carbocycles. The molecule has 2 aromatic rings. The van der Waals surface area contributed by atoms with Gasteiger partial charge in [0.15, 0.2) is 5.82 Å². The molecule has 5 rings (SSSR count). The third-order valence-electron chi connectivity index (χ3n) is 5.83. The Hall–Kier alpha value is -3.13. The van der Waals surface area contributed by atoms with Crippen LogP contribution in [0, 0.1) is 0 Å². The summed E-state index contributed by atoms with van der Waals surface area (Å²) in [5.41, 5.74) is 2.70. The number of hydrogen-bond donors (Lipinski definition) is 2. The maximum absolute atomic E-state index is 10.5. The van der Waals surface area contributed by atoms with Crippen LogP contribution in [0.3, 0.4) is 0 Å². The number of likely N-dealkylation sites (tertiary alicyclic amines) is 1. The number of pyridine rings is 1. The van der Waals surface area contributed by atoms with Crippen molar-refractivity contribution in [3.8, 4) is 0 Å². The molecule has 8 heteroatoms. The van der Waals surface area contributed by atoms with Crippen LogP contribution in [0.5, 0.6) is 0 Å². The number of allylic oxidation sites excluding steroid dienone is 2. The number of aromatic nitrogens is 2. The highest BCUT2D eigenvalue weighted by atomic mass is 16.5. The highest BCUT2D eigenvalue weighted by molar-refractivity contribution is 6.22. The van der Waals surface area contributed by atoms with Gasteiger partial charge in [-0.1, -0.05) is 12.5 Å². The van der Waals surface area contributed by atoms with Crippen molar-refractivity contribution in [1.82, 2.24) is 14.5 Å². The fourth-order valence-electron chi connectivity index (χ4n) is 4.22. The molecule has 3 aliphatic rings. The number of aliphatic hydroxyl groups is 1. The number of aliphatic hydroxyl groups excluding tert-OH is 1. The zero-order chi connectivity index (χ0) is 21.0. The Morgan fingerprint density at radius 1 is 1.16 bits per heavy atom. The highest BCUT2D eigenvalue weighted by Crippen LogP contribution is 2.31. The van der Waals surface area contributed by atoms with E-state index < -0.39 is 0 Å². The standard InChI is InChI=1S/C23H28N6O2/c30-20-15-18-21(31-14-9-24-18)16-17(20)26-22-19-7-2-5-13-29(19)27-23(22)25-8-6-12-28-10-3-1-4-11-28/h2,5,7,13,15-16,30H,1,3-4,6,8-12,14H2,(H,25,27)/b26-17+. The normalized spacial score (nSPS) is 20.6. The van der Waals surface area contributed by atoms with Crippen LogP contribution < -0.4 is 5.32 Å². The van der Waals surface area contributed by atoms with E-state index in [1.165, 1.54) is 32.4 Å². The number of anilines is 1. The first kappa shape index (κ1) is 19.8. The van der Waals surface area contributed by atoms with Crippen LogP contribution in [0.1, 0.15) is 25.7 Å². The van der Waals surface area contributed by atoms with Crippen molar-refractivity contribution in [2.24, 2.45) is 9.98 Å². The minimum absolute atomic E-state index is 0.0827. The topological polar surface area (TPSA) is 86.8 Å². The molecule has 0 unspecified atom stereocenters. The summed E-state index contributed by atoms with van der Waals surface area (Å²) in [6, 6.07) is 5.88. The largest absolute Gasteiger partial charge is 0.506 e. The molecule has 162 valence electrons. The Kier molecular flexibility index (Phi) is 5.71. The first-order valence-electron chi connectivity index (χ1n) is 11.1. The van der Waals surface area contributed by atoms with Gasteiger partial charge in [0.05, 0.1) is 12.1 Å². The minimum atomic E-state index is 0.0827. The number of ether oxygens (including phenoxy) is 1. The number of piperidine rings is 1. The van der Waals surface area contributed by atoms with Crippen molar-refractivity contribution in [2.75, 3.05) is 44.6 Å². The molecule has 31 heavy (non-hydrogen) atoms. The fourth-order valence-corrected chi connectivity index (χ4v) is 4.22. The molecule has 2 aromatic heterocycles. The number of hydrogen-bond acceptors (Lipinski definition) is 7. The van der Waals surface area contributed by atoms with E-state index in [4.69, 9.17) is 9.73 Å². The van der Waals surface area contributed by atoms with Gasteiger partial charge < -0.3 is 20.1 Å². The molecule has 1 aliphatic carbocycles. The number of rotatable bonds is 6. The lowest BCUT2D eigenvalue weighted by Gasteiger charge is -2.26. The van der Waals surface area contributed by atoms with Crippen LogP contribution in [0.15, 0.2) is 58.1 Å². The second-order valence-corrected chi connectivity index (χ2v) is 8.06. The Balaban J connectivity index is 1.37. The lowest BCUT2D eigenvalue weighted by atomic mass is 10.1. The molecule has 0 radical (unpaired) electrons. The van der Waals surface area contributed by atoms with Crippen LogP contribution in [0.4, 0.5) is 11.5 Å². The van der Waals surface area contributed by atoms with Crippen LogP contribution in [-0.4, -0.2) is 70.4 Å². The number of fused-ring (bicyclic) bond motifs is 2. The second kappa shape index (κ2) is 8.93. The fraction of sp³-hybridized carbons (Fsp3) is 0.435. The van der Waals surface area contributed by atoms with E-state index in [-0.39, 0.29) is 5.76 Å². The third kappa shape index (κ3) is 4.34. The summed E-state index contributed by atoms with van der Waals surface area (Å²) in [7, 11) is 0. The smallest absolute Gasteiger partial charge is 0.175 e. The molecule has 0 atom stereocenters. The van der Waals surface area contributed by atoms with E-state index in [0.717, 1.165) is 25.0 Å². The summed E-state index contributed by atoms with van der Waals surface area (Å²) >= 11 is 0. The van der Waals surface area contributed by atoms with Crippen LogP contribution >= 0.6 is 0 Å². The van der Waals surface area contributed by atoms with Gasteiger partial charge in [-0.2, -0.15) is 0 Å². The molecule has 8 nitrogen and oxygen atoms in total. The predicted molar refractivity (Wildman–Crippen MR) is 123 cm³/mol. The zero-order valence-corrected chi connectivity index (χ0v) is 17.6. The van der Waals surface area contributed by atoms with Gasteiger partial charge in [-0.05, 0) is 51.0 Å². The lowest BCUT2D eigenvalue weighted by molar-refractivity contribution is 0.228. The van der Waals surface area contributed by atoms with Gasteiger partial charge in [0.2, 0.25) is 0 Å². The molecule has 2 aliphatic heterocycles. The zero-order valence-electron chi connectivity index (χ0n) is 17.6. The molecule has 1 fully saturated rings. The average molecular weight is 421 g/mol. The van der Waals surface area contributed by atoms with Crippen LogP contribution in [-0.2, 0) is 4.74 Å². The van der Waals surface area contributed by atoms with Gasteiger partial charge in [0.25, 0.3) is 0 Å². The molecule has 0 saturated carbocycles. The number of aliphatic imine (C=N–C) groups is 2. The first-order valence-corrected chi connectivity index (χ1v) is 11.1. The Morgan fingerprint density at radius 3 is 2.97 bits per heavy atom. The Labute approximate surface area is 181 Å². The first-order chi connectivity index (χ1) is 15.3. The van der Waals surface area contributed by atoms with Crippen molar-refractivity contribution < 1.29 is 9.84 Å². The van der Waals surface area contributed by atoms with Gasteiger partial charge in [0, 0.05) is 24.9 Å². The van der Waals surface area contributed by atoms with Crippen LogP contribution in [0.2, 0.25) is 0 Å². The summed E-state index contributed by atoms with van der Waals surface area (Å²) in [5.74, 6) is 1.45. The van der Waals surface area contributed by atoms with Gasteiger partial charge in [-0.25, -0.2) is 9.51 Å². The van der Waals surface area contributed by atoms with Crippen molar-refractivity contribution in [1.29, 1.82) is 0 Å². The quantitative estimate of drug-likeness (QED) is 0.552. The molecule has 0 bridgehead atoms. The molecule has 0 spiro atoms. The SMILES string of the molecule is OC1=CC2=NCCOC2=C/C1=N\c1c(NCCCN2CCCCC2)nn2ccccc12. The van der Waals surface area contributed by atoms with Crippen molar-refractivity contribution in [3.05, 3.63) is 48.1 Å². The molecule has 2 N–H and O–H groups in total. The van der Waals surface area contributed by atoms with E-state index >= 15 is 0 Å². The minimum Gasteiger partial charge on any atom is -0.506 e. The van der Waals surface area contributed by atoms with E-state index in [1.54, 1.807) is 12.2 Å². The maximum atomic E-state index is 10.5. The number of nitrogens with one attached hydrogen (secondary N) is 1. The van der Waals surface area contributed by atoms with Gasteiger partial charge >= 0.3 is 0 Å². The average Bonchev–Trinajstić information content (AvgIpc) is 3.15. The van der Waals surface area contributed by atoms with Crippen LogP contribution in [0.25, 0.3) is 5.52 Å². The Bertz CT molecular complexity index is 1070. The van der Waals surface area contributed by atoms with Crippen molar-refractivity contribution in [3.63, 3.8) is 0 Å². The maximum Gasteiger partial charge on any atom is 0.175 e. The summed E-state index contributed by atoms with van der Waals surface area (Å²) in [5, 5.41) is 18.7. The van der Waals surface area contributed by atoms with Gasteiger partial charge in [0.1, 0.15) is 35.2 Å². The number of nitrogens with zero attached hydrogens (tertiary/aromatic N) is 5. The monoisotopic (exact) mass is 420 g/mol. The van der Waals surface area contributed by atoms with Crippen molar-refractivity contribution in [2.45, 2.75) is 25.7 Å². The molecule has 1 saturated heterocycles. The summed E-state index contributed by atoms with van der Waals surface area (Å²) in [6.45, 7) is 5.47. The third-order valence-corrected chi connectivity index (χ3v) is 5.83. The lowest BCUT2D eigenvalue weighted by Crippen LogP contribution is -2.31.